The summed E-state index contributed by atoms with van der Waals surface area (Å²) in [5.41, 5.74) is 4.83. The van der Waals surface area contributed by atoms with E-state index in [0.29, 0.717) is 5.92 Å². The van der Waals surface area contributed by atoms with Crippen LogP contribution in [0.25, 0.3) is 11.3 Å². The predicted molar refractivity (Wildman–Crippen MR) is 107 cm³/mol. The summed E-state index contributed by atoms with van der Waals surface area (Å²) in [6.07, 6.45) is 3.10. The molecule has 1 aromatic carbocycles. The molecule has 3 nitrogen and oxygen atoms in total. The molecule has 2 aromatic heterocycles. The highest BCUT2D eigenvalue weighted by molar-refractivity contribution is 7.12. The first-order chi connectivity index (χ1) is 12.7. The van der Waals surface area contributed by atoms with Crippen molar-refractivity contribution in [1.29, 1.82) is 0 Å². The summed E-state index contributed by atoms with van der Waals surface area (Å²) in [6, 6.07) is 16.8. The number of ketones is 1. The molecule has 4 heteroatoms. The minimum Gasteiger partial charge on any atom is -0.298 e. The van der Waals surface area contributed by atoms with Gasteiger partial charge in [0.15, 0.2) is 5.78 Å². The van der Waals surface area contributed by atoms with Gasteiger partial charge in [0.25, 0.3) is 0 Å². The molecule has 3 aromatic rings. The Morgan fingerprint density at radius 1 is 1.23 bits per heavy atom. The molecule has 1 unspecified atom stereocenters. The second kappa shape index (κ2) is 7.52. The number of nitrogens with zero attached hydrogens (tertiary/aromatic N) is 2. The zero-order valence-electron chi connectivity index (χ0n) is 14.9. The van der Waals surface area contributed by atoms with Gasteiger partial charge in [0.05, 0.1) is 10.6 Å². The summed E-state index contributed by atoms with van der Waals surface area (Å²) in [7, 11) is 0. The van der Waals surface area contributed by atoms with Crippen molar-refractivity contribution in [2.75, 3.05) is 13.1 Å². The fraction of sp³-hybridized carbons (Fsp3) is 0.273. The van der Waals surface area contributed by atoms with Crippen molar-refractivity contribution in [2.24, 2.45) is 0 Å². The molecule has 0 amide bonds. The topological polar surface area (TPSA) is 33.2 Å². The molecular formula is C22H22N2OS. The summed E-state index contributed by atoms with van der Waals surface area (Å²) in [5.74, 6) is 0.706. The molecule has 132 valence electrons. The van der Waals surface area contributed by atoms with Gasteiger partial charge in [0, 0.05) is 24.8 Å². The Bertz CT molecular complexity index is 903. The number of carbonyl (C=O) groups excluding carboxylic acids is 1. The quantitative estimate of drug-likeness (QED) is 0.599. The first kappa shape index (κ1) is 17.1. The molecule has 1 atom stereocenters. The van der Waals surface area contributed by atoms with Gasteiger partial charge >= 0.3 is 0 Å². The number of benzene rings is 1. The van der Waals surface area contributed by atoms with Crippen molar-refractivity contribution in [3.05, 3.63) is 76.1 Å². The highest BCUT2D eigenvalue weighted by Crippen LogP contribution is 2.30. The van der Waals surface area contributed by atoms with Crippen LogP contribution < -0.4 is 0 Å². The maximum absolute atomic E-state index is 11.5. The monoisotopic (exact) mass is 362 g/mol. The van der Waals surface area contributed by atoms with E-state index in [1.54, 1.807) is 18.3 Å². The molecule has 4 rings (SSSR count). The first-order valence-corrected chi connectivity index (χ1v) is 9.89. The Balaban J connectivity index is 1.44. The number of thiophene rings is 1. The van der Waals surface area contributed by atoms with Gasteiger partial charge in [-0.2, -0.15) is 0 Å². The zero-order valence-corrected chi connectivity index (χ0v) is 15.7. The number of carbonyl (C=O) groups is 1. The van der Waals surface area contributed by atoms with Crippen molar-refractivity contribution in [3.8, 4) is 11.3 Å². The average Bonchev–Trinajstić information content (AvgIpc) is 3.33. The number of Topliss-reactive ketones (excluding diaryl/α,β-unsaturated/α-hetero) is 1. The van der Waals surface area contributed by atoms with E-state index in [4.69, 9.17) is 0 Å². The maximum atomic E-state index is 11.5. The van der Waals surface area contributed by atoms with E-state index in [0.717, 1.165) is 30.2 Å². The van der Waals surface area contributed by atoms with Crippen molar-refractivity contribution in [3.63, 3.8) is 0 Å². The fourth-order valence-corrected chi connectivity index (χ4v) is 4.42. The second-order valence-electron chi connectivity index (χ2n) is 6.94. The third-order valence-electron chi connectivity index (χ3n) is 5.00. The van der Waals surface area contributed by atoms with Gasteiger partial charge in [-0.3, -0.25) is 14.7 Å². The molecule has 3 heterocycles. The Morgan fingerprint density at radius 3 is 2.85 bits per heavy atom. The molecule has 0 spiro atoms. The van der Waals surface area contributed by atoms with Crippen LogP contribution in [0.4, 0.5) is 0 Å². The van der Waals surface area contributed by atoms with E-state index in [2.05, 4.69) is 51.7 Å². The SMILES string of the molecule is CC(=O)c1cc(CN2CCC(c3ccnc(-c4ccccc4)c3)C2)cs1. The van der Waals surface area contributed by atoms with Crippen LogP contribution in [0.5, 0.6) is 0 Å². The molecule has 1 saturated heterocycles. The molecule has 0 saturated carbocycles. The second-order valence-corrected chi connectivity index (χ2v) is 7.85. The predicted octanol–water partition coefficient (Wildman–Crippen LogP) is 5.00. The Labute approximate surface area is 158 Å². The highest BCUT2D eigenvalue weighted by Gasteiger charge is 2.24. The number of hydrogen-bond donors (Lipinski definition) is 0. The van der Waals surface area contributed by atoms with Crippen LogP contribution in [0, 0.1) is 0 Å². The van der Waals surface area contributed by atoms with Crippen LogP contribution in [0.2, 0.25) is 0 Å². The van der Waals surface area contributed by atoms with E-state index in [9.17, 15) is 4.79 Å². The third-order valence-corrected chi connectivity index (χ3v) is 6.08. The molecule has 1 fully saturated rings. The van der Waals surface area contributed by atoms with Crippen LogP contribution in [0.1, 0.15) is 40.1 Å². The third kappa shape index (κ3) is 3.76. The summed E-state index contributed by atoms with van der Waals surface area (Å²) >= 11 is 1.55. The van der Waals surface area contributed by atoms with E-state index >= 15 is 0 Å². The van der Waals surface area contributed by atoms with Gasteiger partial charge in [-0.25, -0.2) is 0 Å². The minimum atomic E-state index is 0.158. The van der Waals surface area contributed by atoms with Gasteiger partial charge in [-0.05, 0) is 60.5 Å². The van der Waals surface area contributed by atoms with Crippen LogP contribution in [0.3, 0.4) is 0 Å². The first-order valence-electron chi connectivity index (χ1n) is 9.01. The molecule has 26 heavy (non-hydrogen) atoms. The fourth-order valence-electron chi connectivity index (χ4n) is 3.62. The van der Waals surface area contributed by atoms with Crippen molar-refractivity contribution < 1.29 is 4.79 Å². The van der Waals surface area contributed by atoms with Gasteiger partial charge in [0.2, 0.25) is 0 Å². The van der Waals surface area contributed by atoms with E-state index in [1.807, 2.05) is 18.3 Å². The molecule has 0 aliphatic carbocycles. The van der Waals surface area contributed by atoms with Crippen LogP contribution >= 0.6 is 11.3 Å². The average molecular weight is 362 g/mol. The Kier molecular flexibility index (Phi) is 4.96. The minimum absolute atomic E-state index is 0.158. The molecule has 0 N–H and O–H groups in total. The molecule has 1 aliphatic rings. The van der Waals surface area contributed by atoms with Gasteiger partial charge in [-0.15, -0.1) is 11.3 Å². The number of pyridine rings is 1. The van der Waals surface area contributed by atoms with Crippen LogP contribution in [-0.2, 0) is 6.54 Å². The maximum Gasteiger partial charge on any atom is 0.169 e. The lowest BCUT2D eigenvalue weighted by atomic mass is 9.97. The summed E-state index contributed by atoms with van der Waals surface area (Å²) in [4.78, 5) is 19.4. The van der Waals surface area contributed by atoms with Crippen molar-refractivity contribution in [1.82, 2.24) is 9.88 Å². The highest BCUT2D eigenvalue weighted by atomic mass is 32.1. The standard InChI is InChI=1S/C22H22N2OS/c1-16(25)22-11-17(15-26-22)13-24-10-8-20(14-24)19-7-9-23-21(12-19)18-5-3-2-4-6-18/h2-7,9,11-12,15,20H,8,10,13-14H2,1H3. The lowest BCUT2D eigenvalue weighted by Crippen LogP contribution is -2.19. The van der Waals surface area contributed by atoms with Gasteiger partial charge in [0.1, 0.15) is 0 Å². The molecule has 0 radical (unpaired) electrons. The lowest BCUT2D eigenvalue weighted by molar-refractivity contribution is 0.102. The van der Waals surface area contributed by atoms with Crippen LogP contribution in [0.15, 0.2) is 60.1 Å². The van der Waals surface area contributed by atoms with Gasteiger partial charge in [-0.1, -0.05) is 30.3 Å². The van der Waals surface area contributed by atoms with Crippen molar-refractivity contribution in [2.45, 2.75) is 25.8 Å². The van der Waals surface area contributed by atoms with Crippen LogP contribution in [-0.4, -0.2) is 28.8 Å². The van der Waals surface area contributed by atoms with E-state index in [1.165, 1.54) is 23.1 Å². The Morgan fingerprint density at radius 2 is 2.08 bits per heavy atom. The molecular weight excluding hydrogens is 340 g/mol. The van der Waals surface area contributed by atoms with Crippen molar-refractivity contribution >= 4 is 17.1 Å². The zero-order chi connectivity index (χ0) is 17.9. The van der Waals surface area contributed by atoms with E-state index < -0.39 is 0 Å². The number of hydrogen-bond acceptors (Lipinski definition) is 4. The molecule has 1 aliphatic heterocycles. The number of aromatic nitrogens is 1. The number of likely N-dealkylation sites (tertiary alicyclic amines) is 1. The normalized spacial score (nSPS) is 17.5. The number of rotatable bonds is 5. The van der Waals surface area contributed by atoms with E-state index in [-0.39, 0.29) is 5.78 Å². The lowest BCUT2D eigenvalue weighted by Gasteiger charge is -2.16. The smallest absolute Gasteiger partial charge is 0.169 e. The Hall–Kier alpha value is -2.30. The molecule has 0 bridgehead atoms. The van der Waals surface area contributed by atoms with Gasteiger partial charge < -0.3 is 0 Å². The summed E-state index contributed by atoms with van der Waals surface area (Å²) in [5, 5.41) is 2.12. The summed E-state index contributed by atoms with van der Waals surface area (Å²) in [6.45, 7) is 4.72. The summed E-state index contributed by atoms with van der Waals surface area (Å²) < 4.78 is 0. The largest absolute Gasteiger partial charge is 0.298 e.